The lowest BCUT2D eigenvalue weighted by Gasteiger charge is -2.54. The van der Waals surface area contributed by atoms with E-state index in [0.717, 1.165) is 69.4 Å². The predicted molar refractivity (Wildman–Crippen MR) is 198 cm³/mol. The molecule has 0 aromatic heterocycles. The Morgan fingerprint density at radius 3 is 2.13 bits per heavy atom. The van der Waals surface area contributed by atoms with E-state index in [-0.39, 0.29) is 52.5 Å². The standard InChI is InChI=1S/C40H49F2N5O5S/c1-43-37(48)28-9-13-33(14-10-28)53(51,52)34-15-11-32(12-16-34)47-25-39(42,26-47)24-46-21-17-29(18-22-46)40(27-45-19-4-20-45,30-5-2-6-31(41)23-30)35-7-3-8-36(35)44-38(49)50/h2,5-6,9-16,23,29,35-36,44H,3-4,7-8,17-22,24-27H2,1H3,(H,43,48)(H,49,50)/t35-,36-,40?/m0/s1. The molecule has 3 aromatic carbocycles. The molecule has 0 spiro atoms. The zero-order valence-electron chi connectivity index (χ0n) is 30.1. The summed E-state index contributed by atoms with van der Waals surface area (Å²) >= 11 is 0. The van der Waals surface area contributed by atoms with Crippen LogP contribution in [0, 0.1) is 17.7 Å². The number of likely N-dealkylation sites (tertiary alicyclic amines) is 2. The first-order valence-electron chi connectivity index (χ1n) is 18.7. The van der Waals surface area contributed by atoms with Gasteiger partial charge < -0.3 is 25.5 Å². The fourth-order valence-corrected chi connectivity index (χ4v) is 10.8. The van der Waals surface area contributed by atoms with Crippen molar-refractivity contribution in [2.24, 2.45) is 11.8 Å². The summed E-state index contributed by atoms with van der Waals surface area (Å²) < 4.78 is 57.6. The maximum atomic E-state index is 16.2. The zero-order valence-corrected chi connectivity index (χ0v) is 31.0. The molecule has 3 N–H and O–H groups in total. The number of nitrogens with zero attached hydrogens (tertiary/aromatic N) is 3. The third-order valence-corrected chi connectivity index (χ3v) is 14.0. The molecule has 7 rings (SSSR count). The minimum Gasteiger partial charge on any atom is -0.465 e. The highest BCUT2D eigenvalue weighted by Gasteiger charge is 2.53. The second-order valence-corrected chi connectivity index (χ2v) is 17.4. The van der Waals surface area contributed by atoms with Gasteiger partial charge in [-0.3, -0.25) is 9.69 Å². The highest BCUT2D eigenvalue weighted by atomic mass is 32.2. The number of hydrogen-bond acceptors (Lipinski definition) is 7. The van der Waals surface area contributed by atoms with Crippen LogP contribution in [-0.4, -0.2) is 106 Å². The van der Waals surface area contributed by atoms with E-state index in [2.05, 4.69) is 20.4 Å². The summed E-state index contributed by atoms with van der Waals surface area (Å²) in [4.78, 5) is 30.5. The molecule has 4 aliphatic rings. The van der Waals surface area contributed by atoms with Gasteiger partial charge in [0.2, 0.25) is 9.84 Å². The lowest BCUT2D eigenvalue weighted by molar-refractivity contribution is 0.00601. The molecule has 53 heavy (non-hydrogen) atoms. The molecule has 3 aromatic rings. The molecule has 10 nitrogen and oxygen atoms in total. The Labute approximate surface area is 310 Å². The quantitative estimate of drug-likeness (QED) is 0.227. The second kappa shape index (κ2) is 15.0. The first-order valence-corrected chi connectivity index (χ1v) is 20.2. The molecule has 3 atom stereocenters. The summed E-state index contributed by atoms with van der Waals surface area (Å²) in [6.07, 6.45) is 4.27. The van der Waals surface area contributed by atoms with Crippen molar-refractivity contribution in [1.29, 1.82) is 0 Å². The number of carboxylic acid groups (broad SMARTS) is 1. The summed E-state index contributed by atoms with van der Waals surface area (Å²) in [6.45, 7) is 4.82. The van der Waals surface area contributed by atoms with E-state index in [4.69, 9.17) is 0 Å². The lowest BCUT2D eigenvalue weighted by atomic mass is 9.57. The van der Waals surface area contributed by atoms with Crippen LogP contribution < -0.4 is 15.5 Å². The minimum absolute atomic E-state index is 0.0289. The lowest BCUT2D eigenvalue weighted by Crippen LogP contribution is -2.65. The molecule has 1 saturated carbocycles. The summed E-state index contributed by atoms with van der Waals surface area (Å²) in [5, 5.41) is 15.1. The highest BCUT2D eigenvalue weighted by Crippen LogP contribution is 2.51. The van der Waals surface area contributed by atoms with E-state index in [1.807, 2.05) is 11.0 Å². The van der Waals surface area contributed by atoms with Gasteiger partial charge in [0.25, 0.3) is 5.91 Å². The molecular weight excluding hydrogens is 701 g/mol. The SMILES string of the molecule is CNC(=O)c1ccc(S(=O)(=O)c2ccc(N3CC(F)(CN4CCC(C(CN5CCC5)(c5cccc(F)c5)[C@H]5CCC[C@@H]5NC(=O)O)CC4)C3)cc2)cc1. The summed E-state index contributed by atoms with van der Waals surface area (Å²) in [5.74, 6) is -0.375. The van der Waals surface area contributed by atoms with Crippen molar-refractivity contribution in [1.82, 2.24) is 20.4 Å². The van der Waals surface area contributed by atoms with Crippen molar-refractivity contribution in [3.05, 3.63) is 89.7 Å². The average Bonchev–Trinajstić information content (AvgIpc) is 3.58. The number of sulfone groups is 1. The highest BCUT2D eigenvalue weighted by molar-refractivity contribution is 7.91. The maximum absolute atomic E-state index is 16.2. The monoisotopic (exact) mass is 749 g/mol. The molecule has 4 fully saturated rings. The zero-order chi connectivity index (χ0) is 37.4. The van der Waals surface area contributed by atoms with Gasteiger partial charge in [-0.2, -0.15) is 0 Å². The number of rotatable bonds is 12. The van der Waals surface area contributed by atoms with Crippen molar-refractivity contribution in [3.63, 3.8) is 0 Å². The van der Waals surface area contributed by atoms with E-state index in [1.165, 1.54) is 49.5 Å². The largest absolute Gasteiger partial charge is 0.465 e. The number of carbonyl (C=O) groups is 2. The van der Waals surface area contributed by atoms with Crippen LogP contribution in [0.2, 0.25) is 0 Å². The predicted octanol–water partition coefficient (Wildman–Crippen LogP) is 5.34. The van der Waals surface area contributed by atoms with Crippen LogP contribution in [0.4, 0.5) is 19.3 Å². The van der Waals surface area contributed by atoms with Crippen LogP contribution in [0.15, 0.2) is 82.6 Å². The molecule has 3 heterocycles. The number of carbonyl (C=O) groups excluding carboxylic acids is 1. The van der Waals surface area contributed by atoms with Crippen LogP contribution in [0.1, 0.15) is 54.4 Å². The van der Waals surface area contributed by atoms with E-state index in [9.17, 15) is 27.5 Å². The molecule has 2 amide bonds. The number of hydrogen-bond donors (Lipinski definition) is 3. The van der Waals surface area contributed by atoms with Gasteiger partial charge in [-0.25, -0.2) is 22.0 Å². The van der Waals surface area contributed by atoms with Crippen LogP contribution >= 0.6 is 0 Å². The Morgan fingerprint density at radius 2 is 1.55 bits per heavy atom. The Bertz CT molecular complexity index is 1890. The second-order valence-electron chi connectivity index (χ2n) is 15.4. The molecule has 0 bridgehead atoms. The van der Waals surface area contributed by atoms with E-state index >= 15 is 4.39 Å². The van der Waals surface area contributed by atoms with E-state index in [0.29, 0.717) is 25.2 Å². The van der Waals surface area contributed by atoms with E-state index < -0.39 is 27.0 Å². The first-order chi connectivity index (χ1) is 25.4. The number of piperidine rings is 1. The molecule has 1 unspecified atom stereocenters. The maximum Gasteiger partial charge on any atom is 0.404 e. The van der Waals surface area contributed by atoms with E-state index in [1.54, 1.807) is 24.3 Å². The third-order valence-electron chi connectivity index (χ3n) is 12.2. The van der Waals surface area contributed by atoms with Crippen molar-refractivity contribution < 1.29 is 31.9 Å². The fraction of sp³-hybridized carbons (Fsp3) is 0.500. The van der Waals surface area contributed by atoms with Gasteiger partial charge >= 0.3 is 6.09 Å². The Balaban J connectivity index is 1.01. The number of amides is 2. The van der Waals surface area contributed by atoms with Crippen LogP contribution in [0.5, 0.6) is 0 Å². The molecule has 13 heteroatoms. The minimum atomic E-state index is -3.80. The average molecular weight is 750 g/mol. The smallest absolute Gasteiger partial charge is 0.404 e. The third kappa shape index (κ3) is 7.52. The van der Waals surface area contributed by atoms with Gasteiger partial charge in [0.1, 0.15) is 5.82 Å². The normalized spacial score (nSPS) is 23.4. The number of halogens is 2. The van der Waals surface area contributed by atoms with Gasteiger partial charge in [-0.15, -0.1) is 0 Å². The number of anilines is 1. The van der Waals surface area contributed by atoms with Crippen molar-refractivity contribution in [2.75, 3.05) is 64.3 Å². The summed E-state index contributed by atoms with van der Waals surface area (Å²) in [7, 11) is -2.29. The first kappa shape index (κ1) is 37.3. The molecular formula is C40H49F2N5O5S. The van der Waals surface area contributed by atoms with Crippen molar-refractivity contribution in [2.45, 2.75) is 65.4 Å². The molecule has 3 aliphatic heterocycles. The number of nitrogens with one attached hydrogen (secondary N) is 2. The molecule has 3 saturated heterocycles. The Hall–Kier alpha value is -4.07. The summed E-state index contributed by atoms with van der Waals surface area (Å²) in [6, 6.07) is 19.0. The molecule has 284 valence electrons. The molecule has 1 aliphatic carbocycles. The Morgan fingerprint density at radius 1 is 0.887 bits per heavy atom. The van der Waals surface area contributed by atoms with Gasteiger partial charge in [-0.1, -0.05) is 18.6 Å². The Kier molecular flexibility index (Phi) is 10.5. The topological polar surface area (TPSA) is 122 Å². The molecule has 0 radical (unpaired) electrons. The fourth-order valence-electron chi connectivity index (χ4n) is 9.52. The van der Waals surface area contributed by atoms with Crippen LogP contribution in [0.3, 0.4) is 0 Å². The van der Waals surface area contributed by atoms with Crippen molar-refractivity contribution in [3.8, 4) is 0 Å². The van der Waals surface area contributed by atoms with Crippen molar-refractivity contribution >= 4 is 27.5 Å². The van der Waals surface area contributed by atoms with Gasteiger partial charge in [0.15, 0.2) is 5.67 Å². The van der Waals surface area contributed by atoms with Gasteiger partial charge in [0.05, 0.1) is 22.9 Å². The van der Waals surface area contributed by atoms with Gasteiger partial charge in [0, 0.05) is 42.8 Å². The summed E-state index contributed by atoms with van der Waals surface area (Å²) in [5.41, 5.74) is 0.210. The number of alkyl halides is 1. The van der Waals surface area contributed by atoms with Gasteiger partial charge in [-0.05, 0) is 136 Å². The number of benzene rings is 3. The van der Waals surface area contributed by atoms with Crippen LogP contribution in [-0.2, 0) is 15.3 Å². The van der Waals surface area contributed by atoms with Crippen LogP contribution in [0.25, 0.3) is 0 Å².